The van der Waals surface area contributed by atoms with Gasteiger partial charge in [0.05, 0.1) is 21.8 Å². The molecule has 3 atom stereocenters. The minimum Gasteiger partial charge on any atom is -0.344 e. The summed E-state index contributed by atoms with van der Waals surface area (Å²) in [6.45, 7) is 5.72. The van der Waals surface area contributed by atoms with E-state index in [1.807, 2.05) is 22.2 Å². The molecule has 3 fully saturated rings. The molecule has 2 aromatic heterocycles. The Morgan fingerprint density at radius 3 is 1.78 bits per heavy atom. The number of aromatic nitrogens is 2. The van der Waals surface area contributed by atoms with E-state index >= 15 is 0 Å². The van der Waals surface area contributed by atoms with Crippen LogP contribution < -0.4 is 5.32 Å². The van der Waals surface area contributed by atoms with Crippen LogP contribution >= 0.6 is 22.7 Å². The first kappa shape index (κ1) is 34.6. The van der Waals surface area contributed by atoms with Gasteiger partial charge in [-0.2, -0.15) is 0 Å². The molecule has 3 amide bonds. The van der Waals surface area contributed by atoms with Crippen LogP contribution in [0.3, 0.4) is 0 Å². The van der Waals surface area contributed by atoms with Gasteiger partial charge in [-0.05, 0) is 73.6 Å². The Kier molecular flexibility index (Phi) is 10.8. The monoisotopic (exact) mass is 709 g/mol. The van der Waals surface area contributed by atoms with Crippen LogP contribution in [-0.4, -0.2) is 56.6 Å². The molecule has 2 aliphatic heterocycles. The third kappa shape index (κ3) is 7.56. The molecule has 2 saturated heterocycles. The van der Waals surface area contributed by atoms with Gasteiger partial charge < -0.3 is 15.1 Å². The second kappa shape index (κ2) is 15.6. The molecule has 1 unspecified atom stereocenters. The quantitative estimate of drug-likeness (QED) is 0.150. The van der Waals surface area contributed by atoms with Crippen LogP contribution in [-0.2, 0) is 14.4 Å². The maximum Gasteiger partial charge on any atom is 0.245 e. The minimum absolute atomic E-state index is 0.0284. The van der Waals surface area contributed by atoms with E-state index in [0.29, 0.717) is 19.4 Å². The lowest BCUT2D eigenvalue weighted by Gasteiger charge is -2.28. The summed E-state index contributed by atoms with van der Waals surface area (Å²) in [5, 5.41) is 5.05. The van der Waals surface area contributed by atoms with Crippen molar-refractivity contribution in [3.05, 3.63) is 70.9 Å². The highest BCUT2D eigenvalue weighted by Crippen LogP contribution is 2.40. The van der Waals surface area contributed by atoms with E-state index in [1.165, 1.54) is 0 Å². The number of likely N-dealkylation sites (tertiary alicyclic amines) is 2. The maximum absolute atomic E-state index is 13.6. The summed E-state index contributed by atoms with van der Waals surface area (Å²) in [6, 6.07) is 16.8. The summed E-state index contributed by atoms with van der Waals surface area (Å²) in [5.74, 6) is 0.405. The van der Waals surface area contributed by atoms with E-state index in [-0.39, 0.29) is 35.7 Å². The van der Waals surface area contributed by atoms with Gasteiger partial charge in [0.25, 0.3) is 0 Å². The number of thiazole rings is 2. The Bertz CT molecular complexity index is 1800. The van der Waals surface area contributed by atoms with Gasteiger partial charge in [-0.3, -0.25) is 14.4 Å². The van der Waals surface area contributed by atoms with E-state index in [4.69, 9.17) is 9.97 Å². The van der Waals surface area contributed by atoms with Crippen molar-refractivity contribution in [3.63, 3.8) is 0 Å². The van der Waals surface area contributed by atoms with Crippen LogP contribution in [0.2, 0.25) is 0 Å². The van der Waals surface area contributed by atoms with Gasteiger partial charge in [0.2, 0.25) is 17.7 Å². The summed E-state index contributed by atoms with van der Waals surface area (Å²) in [4.78, 5) is 54.7. The standard InChI is InChI=1S/C40H47N5O3S2/c1-3-5-11-36(46)44-22-6-9-32(44)38-41-24-34(49-38)28-16-12-26(13-17-28)27-14-18-29(19-15-27)35-25-42-39(50-35)33-10-7-23-45(33)40(48)31(8-4-2)43-37(47)30-20-21-30/h12-19,24-25,30-33H,3-11,20-23H2,1-2H3,(H,43,47)/t31?,32-,33-/m0/s1. The molecule has 1 aliphatic carbocycles. The summed E-state index contributed by atoms with van der Waals surface area (Å²) < 4.78 is 0. The zero-order valence-electron chi connectivity index (χ0n) is 29.1. The number of benzene rings is 2. The number of hydrogen-bond acceptors (Lipinski definition) is 7. The smallest absolute Gasteiger partial charge is 0.245 e. The summed E-state index contributed by atoms with van der Waals surface area (Å²) in [7, 11) is 0. The predicted octanol–water partition coefficient (Wildman–Crippen LogP) is 8.81. The third-order valence-corrected chi connectivity index (χ3v) is 12.6. The number of carbonyl (C=O) groups excluding carboxylic acids is 3. The Balaban J connectivity index is 0.991. The lowest BCUT2D eigenvalue weighted by Crippen LogP contribution is -2.48. The molecule has 7 rings (SSSR count). The third-order valence-electron chi connectivity index (χ3n) is 10.3. The van der Waals surface area contributed by atoms with Gasteiger partial charge >= 0.3 is 0 Å². The van der Waals surface area contributed by atoms with Crippen LogP contribution in [0.4, 0.5) is 0 Å². The maximum atomic E-state index is 13.6. The minimum atomic E-state index is -0.455. The summed E-state index contributed by atoms with van der Waals surface area (Å²) >= 11 is 3.36. The largest absolute Gasteiger partial charge is 0.344 e. The summed E-state index contributed by atoms with van der Waals surface area (Å²) in [6.07, 6.45) is 13.7. The van der Waals surface area contributed by atoms with Crippen molar-refractivity contribution in [2.75, 3.05) is 13.1 Å². The van der Waals surface area contributed by atoms with Gasteiger partial charge in [0.15, 0.2) is 0 Å². The zero-order chi connectivity index (χ0) is 34.6. The van der Waals surface area contributed by atoms with Gasteiger partial charge in [0, 0.05) is 37.8 Å². The molecular formula is C40H47N5O3S2. The molecule has 3 aliphatic rings. The van der Waals surface area contributed by atoms with Crippen molar-refractivity contribution in [2.45, 2.75) is 103 Å². The molecule has 50 heavy (non-hydrogen) atoms. The van der Waals surface area contributed by atoms with E-state index in [2.05, 4.69) is 67.7 Å². The van der Waals surface area contributed by atoms with Crippen molar-refractivity contribution >= 4 is 40.4 Å². The van der Waals surface area contributed by atoms with Gasteiger partial charge in [0.1, 0.15) is 16.1 Å². The van der Waals surface area contributed by atoms with E-state index in [0.717, 1.165) is 106 Å². The molecule has 0 bridgehead atoms. The van der Waals surface area contributed by atoms with Crippen molar-refractivity contribution < 1.29 is 14.4 Å². The number of rotatable bonds is 13. The van der Waals surface area contributed by atoms with E-state index in [9.17, 15) is 14.4 Å². The number of hydrogen-bond donors (Lipinski definition) is 1. The van der Waals surface area contributed by atoms with Crippen molar-refractivity contribution in [2.24, 2.45) is 5.92 Å². The second-order valence-electron chi connectivity index (χ2n) is 13.9. The Hall–Kier alpha value is -3.89. The lowest BCUT2D eigenvalue weighted by molar-refractivity contribution is -0.137. The van der Waals surface area contributed by atoms with Gasteiger partial charge in [-0.15, -0.1) is 22.7 Å². The molecule has 10 heteroatoms. The van der Waals surface area contributed by atoms with Gasteiger partial charge in [-0.1, -0.05) is 75.2 Å². The second-order valence-corrected chi connectivity index (χ2v) is 16.1. The fourth-order valence-corrected chi connectivity index (χ4v) is 9.41. The molecule has 8 nitrogen and oxygen atoms in total. The lowest BCUT2D eigenvalue weighted by atomic mass is 10.0. The SMILES string of the molecule is CCCCC(=O)N1CCC[C@H]1c1ncc(-c2ccc(-c3ccc(-c4cnc([C@@H]5CCCN5C(=O)C(CCC)NC(=O)C5CC5)s4)cc3)cc2)s1. The molecule has 262 valence electrons. The Morgan fingerprint density at radius 1 is 0.740 bits per heavy atom. The van der Waals surface area contributed by atoms with Crippen LogP contribution in [0.25, 0.3) is 32.0 Å². The predicted molar refractivity (Wildman–Crippen MR) is 201 cm³/mol. The first-order valence-electron chi connectivity index (χ1n) is 18.5. The molecule has 1 N–H and O–H groups in total. The average Bonchev–Trinajstić information content (AvgIpc) is 3.59. The number of unbranched alkanes of at least 4 members (excludes halogenated alkanes) is 1. The normalized spacial score (nSPS) is 19.6. The van der Waals surface area contributed by atoms with Gasteiger partial charge in [-0.25, -0.2) is 9.97 Å². The highest BCUT2D eigenvalue weighted by Gasteiger charge is 2.38. The van der Waals surface area contributed by atoms with Crippen molar-refractivity contribution in [1.29, 1.82) is 0 Å². The highest BCUT2D eigenvalue weighted by molar-refractivity contribution is 7.15. The van der Waals surface area contributed by atoms with Crippen LogP contribution in [0.5, 0.6) is 0 Å². The fraction of sp³-hybridized carbons (Fsp3) is 0.475. The Morgan fingerprint density at radius 2 is 1.26 bits per heavy atom. The Labute approximate surface area is 303 Å². The summed E-state index contributed by atoms with van der Waals surface area (Å²) in [5.41, 5.74) is 4.54. The van der Waals surface area contributed by atoms with E-state index in [1.54, 1.807) is 22.7 Å². The molecule has 4 heterocycles. The first-order chi connectivity index (χ1) is 24.4. The average molecular weight is 710 g/mol. The highest BCUT2D eigenvalue weighted by atomic mass is 32.1. The van der Waals surface area contributed by atoms with Crippen LogP contribution in [0.15, 0.2) is 60.9 Å². The zero-order valence-corrected chi connectivity index (χ0v) is 30.7. The molecule has 0 radical (unpaired) electrons. The topological polar surface area (TPSA) is 95.5 Å². The molecule has 2 aromatic carbocycles. The van der Waals surface area contributed by atoms with Crippen molar-refractivity contribution in [1.82, 2.24) is 25.1 Å². The number of amides is 3. The molecular weight excluding hydrogens is 663 g/mol. The van der Waals surface area contributed by atoms with E-state index < -0.39 is 6.04 Å². The number of nitrogens with zero attached hydrogens (tertiary/aromatic N) is 4. The molecule has 4 aromatic rings. The van der Waals surface area contributed by atoms with Crippen molar-refractivity contribution in [3.8, 4) is 32.0 Å². The first-order valence-corrected chi connectivity index (χ1v) is 20.1. The molecule has 1 saturated carbocycles. The van der Waals surface area contributed by atoms with Crippen LogP contribution in [0, 0.1) is 5.92 Å². The number of nitrogens with one attached hydrogen (secondary N) is 1. The molecule has 0 spiro atoms. The fourth-order valence-electron chi connectivity index (χ4n) is 7.27. The van der Waals surface area contributed by atoms with Crippen LogP contribution in [0.1, 0.15) is 107 Å². The number of carbonyl (C=O) groups is 3.